The fourth-order valence-corrected chi connectivity index (χ4v) is 1.90. The number of amides is 1. The van der Waals surface area contributed by atoms with Crippen molar-refractivity contribution < 1.29 is 19.1 Å². The van der Waals surface area contributed by atoms with Gasteiger partial charge < -0.3 is 14.4 Å². The van der Waals surface area contributed by atoms with E-state index in [4.69, 9.17) is 9.52 Å². The molecule has 1 N–H and O–H groups in total. The molecule has 0 radical (unpaired) electrons. The average Bonchev–Trinajstić information content (AvgIpc) is 2.84. The van der Waals surface area contributed by atoms with E-state index in [1.165, 1.54) is 11.2 Å². The molecule has 104 valence electrons. The summed E-state index contributed by atoms with van der Waals surface area (Å²) in [6.45, 7) is 1.61. The van der Waals surface area contributed by atoms with Crippen LogP contribution in [-0.2, 0) is 11.3 Å². The number of hydrogen-bond donors (Lipinski definition) is 1. The fraction of sp³-hybridized carbons (Fsp3) is 0.200. The molecule has 0 fully saturated rings. The molecule has 1 heterocycles. The maximum Gasteiger partial charge on any atom is 0.323 e. The molecule has 5 nitrogen and oxygen atoms in total. The maximum absolute atomic E-state index is 12.3. The normalized spacial score (nSPS) is 10.2. The number of carbonyl (C=O) groups excluding carboxylic acids is 1. The Morgan fingerprint density at radius 1 is 1.20 bits per heavy atom. The van der Waals surface area contributed by atoms with Crippen molar-refractivity contribution in [2.24, 2.45) is 0 Å². The second kappa shape index (κ2) is 6.06. The molecule has 2 rings (SSSR count). The average molecular weight is 273 g/mol. The Bertz CT molecular complexity index is 603. The van der Waals surface area contributed by atoms with Gasteiger partial charge in [0.2, 0.25) is 0 Å². The summed E-state index contributed by atoms with van der Waals surface area (Å²) in [6.07, 6.45) is 1.42. The highest BCUT2D eigenvalue weighted by Crippen LogP contribution is 2.14. The predicted octanol–water partition coefficient (Wildman–Crippen LogP) is 2.32. The van der Waals surface area contributed by atoms with Gasteiger partial charge >= 0.3 is 5.97 Å². The number of hydrogen-bond acceptors (Lipinski definition) is 3. The van der Waals surface area contributed by atoms with Gasteiger partial charge in [-0.15, -0.1) is 0 Å². The molecule has 0 bridgehead atoms. The molecule has 0 unspecified atom stereocenters. The van der Waals surface area contributed by atoms with Crippen molar-refractivity contribution in [2.45, 2.75) is 13.5 Å². The van der Waals surface area contributed by atoms with Crippen molar-refractivity contribution in [3.05, 3.63) is 59.5 Å². The number of furan rings is 1. The first kappa shape index (κ1) is 13.9. The van der Waals surface area contributed by atoms with Crippen LogP contribution in [0.3, 0.4) is 0 Å². The summed E-state index contributed by atoms with van der Waals surface area (Å²) in [5.74, 6) is -1.29. The third kappa shape index (κ3) is 3.26. The number of aliphatic carboxylic acids is 1. The molecule has 0 aliphatic heterocycles. The Kier molecular flexibility index (Phi) is 4.20. The van der Waals surface area contributed by atoms with Crippen LogP contribution < -0.4 is 0 Å². The molecule has 0 saturated heterocycles. The highest BCUT2D eigenvalue weighted by molar-refractivity contribution is 5.94. The van der Waals surface area contributed by atoms with Crippen LogP contribution in [-0.4, -0.2) is 28.4 Å². The van der Waals surface area contributed by atoms with E-state index in [1.807, 2.05) is 30.3 Å². The Morgan fingerprint density at radius 3 is 2.45 bits per heavy atom. The highest BCUT2D eigenvalue weighted by atomic mass is 16.4. The van der Waals surface area contributed by atoms with Crippen molar-refractivity contribution in [3.63, 3.8) is 0 Å². The minimum atomic E-state index is -1.06. The Hall–Kier alpha value is -2.56. The minimum Gasteiger partial charge on any atom is -0.480 e. The number of carbonyl (C=O) groups is 2. The Balaban J connectivity index is 2.21. The molecular formula is C15H15NO4. The van der Waals surface area contributed by atoms with E-state index < -0.39 is 11.9 Å². The molecular weight excluding hydrogens is 258 g/mol. The van der Waals surface area contributed by atoms with Gasteiger partial charge in [-0.3, -0.25) is 9.59 Å². The van der Waals surface area contributed by atoms with Gasteiger partial charge in [0, 0.05) is 12.1 Å². The number of carboxylic acids is 1. The smallest absolute Gasteiger partial charge is 0.323 e. The van der Waals surface area contributed by atoms with E-state index in [0.29, 0.717) is 5.56 Å². The first-order valence-electron chi connectivity index (χ1n) is 6.17. The van der Waals surface area contributed by atoms with Crippen molar-refractivity contribution >= 4 is 11.9 Å². The van der Waals surface area contributed by atoms with E-state index in [-0.39, 0.29) is 18.8 Å². The van der Waals surface area contributed by atoms with Crippen LogP contribution in [0.15, 0.2) is 47.1 Å². The lowest BCUT2D eigenvalue weighted by Gasteiger charge is -2.20. The van der Waals surface area contributed by atoms with Gasteiger partial charge in [0.05, 0.1) is 6.26 Å². The van der Waals surface area contributed by atoms with E-state index in [9.17, 15) is 9.59 Å². The standard InChI is InChI=1S/C15H15NO4/c1-11-7-8-20-14(11)15(19)16(10-13(17)18)9-12-5-3-2-4-6-12/h2-8H,9-10H2,1H3,(H,17,18). The summed E-state index contributed by atoms with van der Waals surface area (Å²) in [5, 5.41) is 8.95. The first-order valence-corrected chi connectivity index (χ1v) is 6.17. The minimum absolute atomic E-state index is 0.183. The molecule has 1 aromatic heterocycles. The predicted molar refractivity (Wildman–Crippen MR) is 72.3 cm³/mol. The summed E-state index contributed by atoms with van der Waals surface area (Å²) in [5.41, 5.74) is 1.56. The largest absolute Gasteiger partial charge is 0.480 e. The van der Waals surface area contributed by atoms with Crippen molar-refractivity contribution in [2.75, 3.05) is 6.54 Å². The van der Waals surface area contributed by atoms with Crippen molar-refractivity contribution in [1.82, 2.24) is 4.90 Å². The van der Waals surface area contributed by atoms with E-state index >= 15 is 0 Å². The van der Waals surface area contributed by atoms with Gasteiger partial charge in [0.15, 0.2) is 5.76 Å². The van der Waals surface area contributed by atoms with Gasteiger partial charge in [0.1, 0.15) is 6.54 Å². The number of carboxylic acid groups (broad SMARTS) is 1. The van der Waals surface area contributed by atoms with Crippen LogP contribution >= 0.6 is 0 Å². The monoisotopic (exact) mass is 273 g/mol. The van der Waals surface area contributed by atoms with Gasteiger partial charge in [-0.05, 0) is 18.6 Å². The molecule has 0 aliphatic carbocycles. The van der Waals surface area contributed by atoms with Gasteiger partial charge in [-0.2, -0.15) is 0 Å². The molecule has 2 aromatic rings. The summed E-state index contributed by atoms with van der Waals surface area (Å²) < 4.78 is 5.14. The number of benzene rings is 1. The topological polar surface area (TPSA) is 70.8 Å². The second-order valence-electron chi connectivity index (χ2n) is 4.47. The SMILES string of the molecule is Cc1ccoc1C(=O)N(CC(=O)O)Cc1ccccc1. The van der Waals surface area contributed by atoms with E-state index in [1.54, 1.807) is 13.0 Å². The molecule has 0 saturated carbocycles. The number of nitrogens with zero attached hydrogens (tertiary/aromatic N) is 1. The fourth-order valence-electron chi connectivity index (χ4n) is 1.90. The maximum atomic E-state index is 12.3. The Morgan fingerprint density at radius 2 is 1.90 bits per heavy atom. The zero-order valence-electron chi connectivity index (χ0n) is 11.1. The molecule has 0 aliphatic rings. The Labute approximate surface area is 116 Å². The summed E-state index contributed by atoms with van der Waals surface area (Å²) in [7, 11) is 0. The lowest BCUT2D eigenvalue weighted by Crippen LogP contribution is -2.35. The van der Waals surface area contributed by atoms with Crippen molar-refractivity contribution in [1.29, 1.82) is 0 Å². The lowest BCUT2D eigenvalue weighted by atomic mass is 10.2. The molecule has 20 heavy (non-hydrogen) atoms. The van der Waals surface area contributed by atoms with Crippen LogP contribution in [0.5, 0.6) is 0 Å². The lowest BCUT2D eigenvalue weighted by molar-refractivity contribution is -0.137. The third-order valence-electron chi connectivity index (χ3n) is 2.89. The molecule has 1 amide bonds. The van der Waals surface area contributed by atoms with Crippen LogP contribution in [0.2, 0.25) is 0 Å². The number of rotatable bonds is 5. The zero-order chi connectivity index (χ0) is 14.5. The van der Waals surface area contributed by atoms with Crippen LogP contribution in [0, 0.1) is 6.92 Å². The van der Waals surface area contributed by atoms with Gasteiger partial charge in [-0.25, -0.2) is 0 Å². The quantitative estimate of drug-likeness (QED) is 0.907. The van der Waals surface area contributed by atoms with E-state index in [0.717, 1.165) is 5.56 Å². The van der Waals surface area contributed by atoms with E-state index in [2.05, 4.69) is 0 Å². The number of aryl methyl sites for hydroxylation is 1. The third-order valence-corrected chi connectivity index (χ3v) is 2.89. The van der Waals surface area contributed by atoms with Crippen LogP contribution in [0.25, 0.3) is 0 Å². The summed E-state index contributed by atoms with van der Waals surface area (Å²) >= 11 is 0. The van der Waals surface area contributed by atoms with Crippen LogP contribution in [0.4, 0.5) is 0 Å². The van der Waals surface area contributed by atoms with Gasteiger partial charge in [0.25, 0.3) is 5.91 Å². The first-order chi connectivity index (χ1) is 9.58. The molecule has 1 aromatic carbocycles. The summed E-state index contributed by atoms with van der Waals surface area (Å²) in [6, 6.07) is 10.9. The molecule has 5 heteroatoms. The highest BCUT2D eigenvalue weighted by Gasteiger charge is 2.22. The van der Waals surface area contributed by atoms with Crippen molar-refractivity contribution in [3.8, 4) is 0 Å². The zero-order valence-corrected chi connectivity index (χ0v) is 11.1. The molecule has 0 spiro atoms. The molecule has 0 atom stereocenters. The van der Waals surface area contributed by atoms with Crippen LogP contribution in [0.1, 0.15) is 21.7 Å². The summed E-state index contributed by atoms with van der Waals surface area (Å²) in [4.78, 5) is 24.5. The van der Waals surface area contributed by atoms with Gasteiger partial charge in [-0.1, -0.05) is 30.3 Å². The second-order valence-corrected chi connectivity index (χ2v) is 4.47.